The zero-order chi connectivity index (χ0) is 16.8. The number of aryl methyl sites for hydroxylation is 1. The number of carbonyl (C=O) groups is 1. The van der Waals surface area contributed by atoms with Gasteiger partial charge in [0.1, 0.15) is 10.8 Å². The number of hydrogen-bond acceptors (Lipinski definition) is 5. The molecule has 0 fully saturated rings. The van der Waals surface area contributed by atoms with Crippen LogP contribution in [0, 0.1) is 6.92 Å². The van der Waals surface area contributed by atoms with Crippen molar-refractivity contribution in [3.63, 3.8) is 0 Å². The predicted molar refractivity (Wildman–Crippen MR) is 93.9 cm³/mol. The molecule has 0 aliphatic rings. The van der Waals surface area contributed by atoms with Crippen LogP contribution in [0.5, 0.6) is 5.75 Å². The highest BCUT2D eigenvalue weighted by atomic mass is 32.1. The van der Waals surface area contributed by atoms with E-state index < -0.39 is 0 Å². The first-order chi connectivity index (χ1) is 11.7. The molecule has 3 aromatic rings. The van der Waals surface area contributed by atoms with E-state index in [2.05, 4.69) is 15.3 Å². The molecule has 1 amide bonds. The van der Waals surface area contributed by atoms with Gasteiger partial charge in [0.15, 0.2) is 6.61 Å². The number of rotatable bonds is 6. The molecule has 2 aromatic heterocycles. The summed E-state index contributed by atoms with van der Waals surface area (Å²) in [5.74, 6) is 0.512. The molecule has 0 radical (unpaired) electrons. The number of pyridine rings is 1. The fourth-order valence-corrected chi connectivity index (χ4v) is 2.79. The average molecular weight is 339 g/mol. The van der Waals surface area contributed by atoms with Gasteiger partial charge in [0.05, 0.1) is 12.2 Å². The van der Waals surface area contributed by atoms with Crippen LogP contribution >= 0.6 is 11.3 Å². The molecule has 0 atom stereocenters. The van der Waals surface area contributed by atoms with Crippen LogP contribution in [-0.2, 0) is 11.3 Å². The Morgan fingerprint density at radius 2 is 2.08 bits per heavy atom. The Labute approximate surface area is 144 Å². The molecule has 0 aliphatic heterocycles. The Hall–Kier alpha value is -2.73. The predicted octanol–water partition coefficient (Wildman–Crippen LogP) is 3.21. The Kier molecular flexibility index (Phi) is 5.18. The lowest BCUT2D eigenvalue weighted by Crippen LogP contribution is -2.28. The number of thiazole rings is 1. The highest BCUT2D eigenvalue weighted by molar-refractivity contribution is 7.09. The topological polar surface area (TPSA) is 64.1 Å². The summed E-state index contributed by atoms with van der Waals surface area (Å²) in [5, 5.41) is 5.62. The van der Waals surface area contributed by atoms with E-state index in [-0.39, 0.29) is 12.5 Å². The number of nitrogens with zero attached hydrogens (tertiary/aromatic N) is 2. The first-order valence-corrected chi connectivity index (χ1v) is 8.39. The van der Waals surface area contributed by atoms with Crippen molar-refractivity contribution in [1.82, 2.24) is 15.3 Å². The summed E-state index contributed by atoms with van der Waals surface area (Å²) in [7, 11) is 0. The van der Waals surface area contributed by atoms with E-state index in [0.29, 0.717) is 12.3 Å². The van der Waals surface area contributed by atoms with Crippen LogP contribution < -0.4 is 10.1 Å². The number of hydrogen-bond donors (Lipinski definition) is 1. The number of benzene rings is 1. The molecule has 2 heterocycles. The zero-order valence-corrected chi connectivity index (χ0v) is 14.0. The third kappa shape index (κ3) is 4.39. The molecular weight excluding hydrogens is 322 g/mol. The van der Waals surface area contributed by atoms with Crippen molar-refractivity contribution >= 4 is 17.2 Å². The smallest absolute Gasteiger partial charge is 0.258 e. The number of nitrogens with one attached hydrogen (secondary N) is 1. The molecule has 0 spiro atoms. The maximum atomic E-state index is 11.9. The molecule has 0 saturated heterocycles. The Balaban J connectivity index is 1.48. The summed E-state index contributed by atoms with van der Waals surface area (Å²) >= 11 is 1.51. The molecule has 5 nitrogen and oxygen atoms in total. The highest BCUT2D eigenvalue weighted by Gasteiger charge is 2.07. The second kappa shape index (κ2) is 7.70. The molecule has 1 aromatic carbocycles. The van der Waals surface area contributed by atoms with E-state index in [9.17, 15) is 4.79 Å². The van der Waals surface area contributed by atoms with Crippen LogP contribution in [-0.4, -0.2) is 22.5 Å². The van der Waals surface area contributed by atoms with Crippen LogP contribution in [0.15, 0.2) is 54.2 Å². The van der Waals surface area contributed by atoms with Crippen LogP contribution in [0.4, 0.5) is 0 Å². The summed E-state index contributed by atoms with van der Waals surface area (Å²) in [6.07, 6.45) is 3.50. The minimum absolute atomic E-state index is 0.0100. The van der Waals surface area contributed by atoms with Crippen molar-refractivity contribution in [3.8, 4) is 17.0 Å². The molecule has 24 heavy (non-hydrogen) atoms. The summed E-state index contributed by atoms with van der Waals surface area (Å²) < 4.78 is 5.45. The van der Waals surface area contributed by atoms with Gasteiger partial charge in [-0.05, 0) is 31.2 Å². The molecule has 1 N–H and O–H groups in total. The summed E-state index contributed by atoms with van der Waals surface area (Å²) in [4.78, 5) is 20.4. The number of ether oxygens (including phenoxy) is 1. The van der Waals surface area contributed by atoms with Gasteiger partial charge in [-0.2, -0.15) is 0 Å². The largest absolute Gasteiger partial charge is 0.484 e. The lowest BCUT2D eigenvalue weighted by atomic mass is 10.2. The van der Waals surface area contributed by atoms with Gasteiger partial charge in [0, 0.05) is 23.3 Å². The normalized spacial score (nSPS) is 10.4. The van der Waals surface area contributed by atoms with Crippen LogP contribution in [0.3, 0.4) is 0 Å². The molecule has 0 aliphatic carbocycles. The standard InChI is InChI=1S/C18H17N3O2S/c1-13-4-6-15(7-5-13)23-11-17(22)20-10-18-21-16(12-24-18)14-3-2-8-19-9-14/h2-9,12H,10-11H2,1H3,(H,20,22). The number of amides is 1. The van der Waals surface area contributed by atoms with Gasteiger partial charge < -0.3 is 10.1 Å². The second-order valence-corrected chi connectivity index (χ2v) is 6.19. The lowest BCUT2D eigenvalue weighted by Gasteiger charge is -2.06. The first-order valence-electron chi connectivity index (χ1n) is 7.52. The van der Waals surface area contributed by atoms with E-state index in [0.717, 1.165) is 21.8 Å². The van der Waals surface area contributed by atoms with E-state index in [1.54, 1.807) is 12.4 Å². The SMILES string of the molecule is Cc1ccc(OCC(=O)NCc2nc(-c3cccnc3)cs2)cc1. The van der Waals surface area contributed by atoms with E-state index in [4.69, 9.17) is 4.74 Å². The van der Waals surface area contributed by atoms with E-state index in [1.165, 1.54) is 11.3 Å². The Morgan fingerprint density at radius 3 is 2.83 bits per heavy atom. The van der Waals surface area contributed by atoms with Gasteiger partial charge in [-0.25, -0.2) is 4.98 Å². The van der Waals surface area contributed by atoms with Gasteiger partial charge in [-0.15, -0.1) is 11.3 Å². The summed E-state index contributed by atoms with van der Waals surface area (Å²) in [5.41, 5.74) is 2.99. The molecule has 122 valence electrons. The number of aromatic nitrogens is 2. The average Bonchev–Trinajstić information content (AvgIpc) is 3.09. The number of carbonyl (C=O) groups excluding carboxylic acids is 1. The maximum Gasteiger partial charge on any atom is 0.258 e. The quantitative estimate of drug-likeness (QED) is 0.749. The second-order valence-electron chi connectivity index (χ2n) is 5.25. The van der Waals surface area contributed by atoms with Crippen LogP contribution in [0.1, 0.15) is 10.6 Å². The monoisotopic (exact) mass is 339 g/mol. The summed E-state index contributed by atoms with van der Waals surface area (Å²) in [6, 6.07) is 11.4. The molecule has 6 heteroatoms. The fraction of sp³-hybridized carbons (Fsp3) is 0.167. The van der Waals surface area contributed by atoms with E-state index >= 15 is 0 Å². The van der Waals surface area contributed by atoms with Crippen molar-refractivity contribution < 1.29 is 9.53 Å². The summed E-state index contributed by atoms with van der Waals surface area (Å²) in [6.45, 7) is 2.38. The van der Waals surface area contributed by atoms with Gasteiger partial charge in [-0.3, -0.25) is 9.78 Å². The van der Waals surface area contributed by atoms with Crippen LogP contribution in [0.2, 0.25) is 0 Å². The van der Waals surface area contributed by atoms with Gasteiger partial charge >= 0.3 is 0 Å². The van der Waals surface area contributed by atoms with Gasteiger partial charge in [-0.1, -0.05) is 17.7 Å². The molecular formula is C18H17N3O2S. The third-order valence-electron chi connectivity index (χ3n) is 3.34. The molecule has 3 rings (SSSR count). The minimum atomic E-state index is -0.172. The van der Waals surface area contributed by atoms with Gasteiger partial charge in [0.25, 0.3) is 5.91 Å². The minimum Gasteiger partial charge on any atom is -0.484 e. The fourth-order valence-electron chi connectivity index (χ4n) is 2.05. The van der Waals surface area contributed by atoms with Crippen molar-refractivity contribution in [2.75, 3.05) is 6.61 Å². The molecule has 0 saturated carbocycles. The Bertz CT molecular complexity index is 801. The third-order valence-corrected chi connectivity index (χ3v) is 4.19. The maximum absolute atomic E-state index is 11.9. The first kappa shape index (κ1) is 16.1. The van der Waals surface area contributed by atoms with Crippen LogP contribution in [0.25, 0.3) is 11.3 Å². The molecule has 0 unspecified atom stereocenters. The van der Waals surface area contributed by atoms with Crippen molar-refractivity contribution in [1.29, 1.82) is 0 Å². The van der Waals surface area contributed by atoms with Crippen molar-refractivity contribution in [2.45, 2.75) is 13.5 Å². The molecule has 0 bridgehead atoms. The lowest BCUT2D eigenvalue weighted by molar-refractivity contribution is -0.123. The van der Waals surface area contributed by atoms with Crippen molar-refractivity contribution in [3.05, 3.63) is 64.7 Å². The Morgan fingerprint density at radius 1 is 1.25 bits per heavy atom. The van der Waals surface area contributed by atoms with E-state index in [1.807, 2.05) is 48.7 Å². The zero-order valence-electron chi connectivity index (χ0n) is 13.2. The highest BCUT2D eigenvalue weighted by Crippen LogP contribution is 2.20. The van der Waals surface area contributed by atoms with Gasteiger partial charge in [0.2, 0.25) is 0 Å². The van der Waals surface area contributed by atoms with Crippen molar-refractivity contribution in [2.24, 2.45) is 0 Å².